The molecule has 3 heterocycles. The minimum Gasteiger partial charge on any atom is -0.357 e. The molecule has 9 heteroatoms. The molecule has 9 nitrogen and oxygen atoms in total. The number of nitrogens with one attached hydrogen (secondary N) is 3. The summed E-state index contributed by atoms with van der Waals surface area (Å²) in [6.07, 6.45) is 3.20. The van der Waals surface area contributed by atoms with Crippen molar-refractivity contribution >= 4 is 17.7 Å². The summed E-state index contributed by atoms with van der Waals surface area (Å²) in [4.78, 5) is 40.0. The standard InChI is InChI=1S/C19H27N7O2/c1-19(2,3)26-9-7-25(8-10-26)18(28)24-15-11-13(12-22-16(15)27)14-5-6-21-17(20-4)23-14/h5-6,11-12H,7-10H2,1-4H3,(H,22,27)(H,24,28)(H,20,21,23). The molecule has 1 aliphatic rings. The number of amides is 2. The van der Waals surface area contributed by atoms with Gasteiger partial charge >= 0.3 is 6.03 Å². The van der Waals surface area contributed by atoms with E-state index in [0.29, 0.717) is 30.3 Å². The minimum absolute atomic E-state index is 0.0811. The number of carbonyl (C=O) groups is 1. The van der Waals surface area contributed by atoms with Crippen molar-refractivity contribution in [3.8, 4) is 11.3 Å². The van der Waals surface area contributed by atoms with Crippen LogP contribution in [0.2, 0.25) is 0 Å². The van der Waals surface area contributed by atoms with Gasteiger partial charge in [-0.1, -0.05) is 0 Å². The number of nitrogens with zero attached hydrogens (tertiary/aromatic N) is 4. The van der Waals surface area contributed by atoms with E-state index in [9.17, 15) is 9.59 Å². The zero-order valence-electron chi connectivity index (χ0n) is 16.7. The SMILES string of the molecule is CNc1nccc(-c2c[nH]c(=O)c(NC(=O)N3CCN(C(C)(C)C)CC3)c2)n1. The lowest BCUT2D eigenvalue weighted by Gasteiger charge is -2.42. The fourth-order valence-electron chi connectivity index (χ4n) is 3.14. The summed E-state index contributed by atoms with van der Waals surface area (Å²) in [5.74, 6) is 0.478. The number of piperazine rings is 1. The Labute approximate surface area is 164 Å². The second-order valence-electron chi connectivity index (χ2n) is 7.72. The van der Waals surface area contributed by atoms with Gasteiger partial charge in [-0.3, -0.25) is 9.69 Å². The molecule has 2 amide bonds. The Hall–Kier alpha value is -2.94. The third-order valence-electron chi connectivity index (χ3n) is 4.84. The van der Waals surface area contributed by atoms with Gasteiger partial charge in [-0.25, -0.2) is 14.8 Å². The summed E-state index contributed by atoms with van der Waals surface area (Å²) in [5.41, 5.74) is 1.26. The first kappa shape index (κ1) is 19.8. The number of H-pyrrole nitrogens is 1. The van der Waals surface area contributed by atoms with Crippen molar-refractivity contribution in [2.24, 2.45) is 0 Å². The highest BCUT2D eigenvalue weighted by molar-refractivity contribution is 5.89. The van der Waals surface area contributed by atoms with Gasteiger partial charge in [-0.2, -0.15) is 0 Å². The Morgan fingerprint density at radius 3 is 2.57 bits per heavy atom. The number of hydrogen-bond donors (Lipinski definition) is 3. The number of rotatable bonds is 3. The van der Waals surface area contributed by atoms with Gasteiger partial charge in [-0.15, -0.1) is 0 Å². The average Bonchev–Trinajstić information content (AvgIpc) is 2.69. The zero-order valence-corrected chi connectivity index (χ0v) is 16.7. The van der Waals surface area contributed by atoms with Crippen LogP contribution in [0.25, 0.3) is 11.3 Å². The van der Waals surface area contributed by atoms with Gasteiger partial charge in [0.2, 0.25) is 5.95 Å². The summed E-state index contributed by atoms with van der Waals surface area (Å²) in [7, 11) is 1.73. The van der Waals surface area contributed by atoms with E-state index in [1.165, 1.54) is 0 Å². The summed E-state index contributed by atoms with van der Waals surface area (Å²) in [5, 5.41) is 5.62. The maximum Gasteiger partial charge on any atom is 0.322 e. The Bertz CT molecular complexity index is 896. The first-order chi connectivity index (χ1) is 13.3. The highest BCUT2D eigenvalue weighted by Gasteiger charge is 2.28. The third-order valence-corrected chi connectivity index (χ3v) is 4.84. The molecule has 2 aromatic heterocycles. The predicted octanol–water partition coefficient (Wildman–Crippen LogP) is 1.82. The monoisotopic (exact) mass is 385 g/mol. The lowest BCUT2D eigenvalue weighted by molar-refractivity contribution is 0.0774. The van der Waals surface area contributed by atoms with Gasteiger partial charge in [0.1, 0.15) is 5.69 Å². The third kappa shape index (κ3) is 4.48. The lowest BCUT2D eigenvalue weighted by Crippen LogP contribution is -2.55. The van der Waals surface area contributed by atoms with E-state index < -0.39 is 0 Å². The van der Waals surface area contributed by atoms with Crippen molar-refractivity contribution in [3.05, 3.63) is 34.9 Å². The fraction of sp³-hybridized carbons (Fsp3) is 0.474. The van der Waals surface area contributed by atoms with Crippen molar-refractivity contribution in [1.82, 2.24) is 24.8 Å². The van der Waals surface area contributed by atoms with E-state index in [4.69, 9.17) is 0 Å². The van der Waals surface area contributed by atoms with Crippen molar-refractivity contribution in [1.29, 1.82) is 0 Å². The predicted molar refractivity (Wildman–Crippen MR) is 110 cm³/mol. The molecule has 1 fully saturated rings. The highest BCUT2D eigenvalue weighted by Crippen LogP contribution is 2.19. The van der Waals surface area contributed by atoms with Gasteiger partial charge < -0.3 is 20.5 Å². The molecule has 2 aromatic rings. The molecule has 150 valence electrons. The smallest absolute Gasteiger partial charge is 0.322 e. The van der Waals surface area contributed by atoms with Crippen LogP contribution in [0, 0.1) is 0 Å². The highest BCUT2D eigenvalue weighted by atomic mass is 16.2. The lowest BCUT2D eigenvalue weighted by atomic mass is 10.1. The van der Waals surface area contributed by atoms with Crippen molar-refractivity contribution in [2.45, 2.75) is 26.3 Å². The van der Waals surface area contributed by atoms with Gasteiger partial charge in [0.25, 0.3) is 5.56 Å². The zero-order chi connectivity index (χ0) is 20.3. The number of aromatic amines is 1. The van der Waals surface area contributed by atoms with Crippen molar-refractivity contribution < 1.29 is 4.79 Å². The Morgan fingerprint density at radius 2 is 1.93 bits per heavy atom. The van der Waals surface area contributed by atoms with Crippen molar-refractivity contribution in [3.63, 3.8) is 0 Å². The Balaban J connectivity index is 1.72. The topological polar surface area (TPSA) is 106 Å². The molecule has 3 N–H and O–H groups in total. The molecule has 1 saturated heterocycles. The van der Waals surface area contributed by atoms with Gasteiger partial charge in [0.15, 0.2) is 0 Å². The molecule has 0 unspecified atom stereocenters. The molecule has 1 aliphatic heterocycles. The average molecular weight is 385 g/mol. The van der Waals surface area contributed by atoms with E-state index in [1.807, 2.05) is 0 Å². The Kier molecular flexibility index (Phi) is 5.64. The number of urea groups is 1. The number of anilines is 2. The van der Waals surface area contributed by atoms with Crippen molar-refractivity contribution in [2.75, 3.05) is 43.9 Å². The molecule has 0 radical (unpaired) electrons. The van der Waals surface area contributed by atoms with Crippen LogP contribution in [-0.2, 0) is 0 Å². The van der Waals surface area contributed by atoms with Crippen LogP contribution in [0.4, 0.5) is 16.4 Å². The Morgan fingerprint density at radius 1 is 1.21 bits per heavy atom. The summed E-state index contributed by atoms with van der Waals surface area (Å²) in [6.45, 7) is 9.36. The second kappa shape index (κ2) is 7.97. The molecular weight excluding hydrogens is 358 g/mol. The summed E-state index contributed by atoms with van der Waals surface area (Å²) in [6, 6.07) is 3.10. The quantitative estimate of drug-likeness (QED) is 0.744. The van der Waals surface area contributed by atoms with E-state index in [2.05, 4.69) is 51.3 Å². The maximum absolute atomic E-state index is 12.6. The first-order valence-electron chi connectivity index (χ1n) is 9.33. The maximum atomic E-state index is 12.6. The molecule has 0 saturated carbocycles. The number of pyridine rings is 1. The van der Waals surface area contributed by atoms with Crippen LogP contribution >= 0.6 is 0 Å². The number of carbonyl (C=O) groups excluding carboxylic acids is 1. The van der Waals surface area contributed by atoms with Gasteiger partial charge in [0, 0.05) is 56.7 Å². The van der Waals surface area contributed by atoms with Crippen LogP contribution in [0.3, 0.4) is 0 Å². The minimum atomic E-state index is -0.353. The van der Waals surface area contributed by atoms with Crippen LogP contribution in [-0.4, -0.2) is 69.5 Å². The fourth-order valence-corrected chi connectivity index (χ4v) is 3.14. The first-order valence-corrected chi connectivity index (χ1v) is 9.33. The molecule has 28 heavy (non-hydrogen) atoms. The van der Waals surface area contributed by atoms with E-state index in [1.54, 1.807) is 36.5 Å². The van der Waals surface area contributed by atoms with Gasteiger partial charge in [0.05, 0.1) is 5.69 Å². The van der Waals surface area contributed by atoms with Crippen LogP contribution in [0.1, 0.15) is 20.8 Å². The molecule has 0 aromatic carbocycles. The van der Waals surface area contributed by atoms with Gasteiger partial charge in [-0.05, 0) is 32.9 Å². The van der Waals surface area contributed by atoms with Crippen LogP contribution < -0.4 is 16.2 Å². The molecule has 0 bridgehead atoms. The summed E-state index contributed by atoms with van der Waals surface area (Å²) < 4.78 is 0. The van der Waals surface area contributed by atoms with E-state index in [0.717, 1.165) is 13.1 Å². The second-order valence-corrected chi connectivity index (χ2v) is 7.72. The molecule has 3 rings (SSSR count). The molecule has 0 aliphatic carbocycles. The van der Waals surface area contributed by atoms with E-state index >= 15 is 0 Å². The van der Waals surface area contributed by atoms with Crippen LogP contribution in [0.5, 0.6) is 0 Å². The molecular formula is C19H27N7O2. The number of aromatic nitrogens is 3. The molecule has 0 spiro atoms. The number of hydrogen-bond acceptors (Lipinski definition) is 6. The normalized spacial score (nSPS) is 15.4. The summed E-state index contributed by atoms with van der Waals surface area (Å²) >= 11 is 0. The van der Waals surface area contributed by atoms with E-state index in [-0.39, 0.29) is 22.8 Å². The molecule has 0 atom stereocenters. The largest absolute Gasteiger partial charge is 0.357 e. The van der Waals surface area contributed by atoms with Crippen LogP contribution in [0.15, 0.2) is 29.3 Å².